The van der Waals surface area contributed by atoms with Gasteiger partial charge in [0.2, 0.25) is 15.9 Å². The molecule has 2 N–H and O–H groups in total. The second kappa shape index (κ2) is 6.89. The zero-order valence-corrected chi connectivity index (χ0v) is 12.8. The summed E-state index contributed by atoms with van der Waals surface area (Å²) in [6.45, 7) is 1.90. The summed E-state index contributed by atoms with van der Waals surface area (Å²) in [5, 5.41) is 2.92. The van der Waals surface area contributed by atoms with Gasteiger partial charge >= 0.3 is 0 Å². The van der Waals surface area contributed by atoms with Crippen molar-refractivity contribution >= 4 is 15.7 Å². The Balaban J connectivity index is 2.50. The third kappa shape index (κ3) is 5.74. The van der Waals surface area contributed by atoms with E-state index in [0.717, 1.165) is 6.26 Å². The number of methoxy groups -OCH3 is 2. The summed E-state index contributed by atoms with van der Waals surface area (Å²) in [5.74, 6) is -0.330. The minimum Gasteiger partial charge on any atom is -0.478 e. The minimum atomic E-state index is -3.27. The van der Waals surface area contributed by atoms with Gasteiger partial charge in [-0.2, -0.15) is 0 Å². The Labute approximate surface area is 119 Å². The Morgan fingerprint density at radius 3 is 2.15 bits per heavy atom. The van der Waals surface area contributed by atoms with Crippen LogP contribution in [0.3, 0.4) is 0 Å². The van der Waals surface area contributed by atoms with Crippen LogP contribution in [0.2, 0.25) is 0 Å². The maximum absolute atomic E-state index is 11.1. The number of hydrogen-bond acceptors (Lipinski definition) is 6. The Morgan fingerprint density at radius 1 is 1.15 bits per heavy atom. The van der Waals surface area contributed by atoms with E-state index in [1.165, 1.54) is 14.2 Å². The van der Waals surface area contributed by atoms with Crippen molar-refractivity contribution in [3.63, 3.8) is 0 Å². The second-order valence-corrected chi connectivity index (χ2v) is 5.97. The molecule has 0 aromatic heterocycles. The van der Waals surface area contributed by atoms with E-state index in [0.29, 0.717) is 11.4 Å². The first-order chi connectivity index (χ1) is 9.28. The first-order valence-corrected chi connectivity index (χ1v) is 7.73. The molecule has 0 fully saturated rings. The predicted molar refractivity (Wildman–Crippen MR) is 76.0 cm³/mol. The van der Waals surface area contributed by atoms with Gasteiger partial charge in [0.1, 0.15) is 12.5 Å². The average molecular weight is 304 g/mol. The number of ether oxygens (including phenoxy) is 3. The van der Waals surface area contributed by atoms with Gasteiger partial charge in [-0.15, -0.1) is 0 Å². The normalized spacial score (nSPS) is 12.2. The number of nitrogens with one attached hydrogen (secondary N) is 2. The first-order valence-electron chi connectivity index (χ1n) is 5.84. The van der Waals surface area contributed by atoms with Gasteiger partial charge in [0.15, 0.2) is 0 Å². The molecule has 0 unspecified atom stereocenters. The largest absolute Gasteiger partial charge is 0.478 e. The summed E-state index contributed by atoms with van der Waals surface area (Å²) in [4.78, 5) is 0. The van der Waals surface area contributed by atoms with Crippen molar-refractivity contribution in [1.29, 1.82) is 0 Å². The number of sulfonamides is 1. The van der Waals surface area contributed by atoms with Gasteiger partial charge in [0.05, 0.1) is 6.26 Å². The van der Waals surface area contributed by atoms with Crippen LogP contribution in [0.5, 0.6) is 5.75 Å². The molecule has 1 aromatic carbocycles. The van der Waals surface area contributed by atoms with E-state index in [-0.39, 0.29) is 6.73 Å². The highest BCUT2D eigenvalue weighted by Gasteiger charge is 2.21. The quantitative estimate of drug-likeness (QED) is 0.696. The topological polar surface area (TPSA) is 85.9 Å². The number of rotatable bonds is 8. The second-order valence-electron chi connectivity index (χ2n) is 4.22. The van der Waals surface area contributed by atoms with Crippen molar-refractivity contribution in [2.45, 2.75) is 12.8 Å². The van der Waals surface area contributed by atoms with Gasteiger partial charge < -0.3 is 14.2 Å². The Hall–Kier alpha value is -1.35. The van der Waals surface area contributed by atoms with Crippen LogP contribution in [-0.4, -0.2) is 41.5 Å². The molecular weight excluding hydrogens is 284 g/mol. The fourth-order valence-corrected chi connectivity index (χ4v) is 1.88. The zero-order chi connectivity index (χ0) is 15.2. The van der Waals surface area contributed by atoms with Crippen LogP contribution in [0.15, 0.2) is 24.3 Å². The molecule has 20 heavy (non-hydrogen) atoms. The lowest BCUT2D eigenvalue weighted by atomic mass is 10.3. The SMILES string of the molecule is COC(C)(NCOc1ccc(NS(C)(=O)=O)cc1)OC. The molecule has 0 spiro atoms. The van der Waals surface area contributed by atoms with E-state index in [2.05, 4.69) is 10.0 Å². The van der Waals surface area contributed by atoms with E-state index in [1.807, 2.05) is 0 Å². The van der Waals surface area contributed by atoms with E-state index in [1.54, 1.807) is 31.2 Å². The number of hydrogen-bond donors (Lipinski definition) is 2. The standard InChI is InChI=1S/C12H20N2O5S/c1-12(17-2,18-3)13-9-19-11-7-5-10(6-8-11)14-20(4,15)16/h5-8,13-14H,9H2,1-4H3. The van der Waals surface area contributed by atoms with Crippen LogP contribution in [0.1, 0.15) is 6.92 Å². The predicted octanol–water partition coefficient (Wildman–Crippen LogP) is 0.950. The van der Waals surface area contributed by atoms with Gasteiger partial charge in [-0.3, -0.25) is 4.72 Å². The highest BCUT2D eigenvalue weighted by Crippen LogP contribution is 2.16. The van der Waals surface area contributed by atoms with Crippen molar-refractivity contribution in [2.75, 3.05) is 31.9 Å². The Kier molecular flexibility index (Phi) is 5.75. The third-order valence-electron chi connectivity index (χ3n) is 2.57. The monoisotopic (exact) mass is 304 g/mol. The van der Waals surface area contributed by atoms with Crippen molar-refractivity contribution < 1.29 is 22.6 Å². The highest BCUT2D eigenvalue weighted by molar-refractivity contribution is 7.92. The lowest BCUT2D eigenvalue weighted by Gasteiger charge is -2.27. The fraction of sp³-hybridized carbons (Fsp3) is 0.500. The third-order valence-corrected chi connectivity index (χ3v) is 3.18. The van der Waals surface area contributed by atoms with Gasteiger partial charge in [0, 0.05) is 26.8 Å². The molecule has 0 radical (unpaired) electrons. The lowest BCUT2D eigenvalue weighted by Crippen LogP contribution is -2.47. The fourth-order valence-electron chi connectivity index (χ4n) is 1.31. The summed E-state index contributed by atoms with van der Waals surface area (Å²) in [6.07, 6.45) is 1.09. The van der Waals surface area contributed by atoms with Crippen LogP contribution < -0.4 is 14.8 Å². The van der Waals surface area contributed by atoms with Gasteiger partial charge in [-0.05, 0) is 24.3 Å². The van der Waals surface area contributed by atoms with E-state index in [4.69, 9.17) is 14.2 Å². The molecule has 0 amide bonds. The van der Waals surface area contributed by atoms with Crippen molar-refractivity contribution in [3.05, 3.63) is 24.3 Å². The first kappa shape index (κ1) is 16.7. The molecule has 0 atom stereocenters. The van der Waals surface area contributed by atoms with E-state index in [9.17, 15) is 8.42 Å². The van der Waals surface area contributed by atoms with Crippen molar-refractivity contribution in [2.24, 2.45) is 0 Å². The van der Waals surface area contributed by atoms with Crippen LogP contribution in [0.4, 0.5) is 5.69 Å². The summed E-state index contributed by atoms with van der Waals surface area (Å²) in [7, 11) is -0.237. The molecule has 0 bridgehead atoms. The molecule has 0 aliphatic carbocycles. The Bertz CT molecular complexity index is 511. The average Bonchev–Trinajstić information content (AvgIpc) is 2.39. The molecule has 114 valence electrons. The molecule has 0 aliphatic heterocycles. The number of benzene rings is 1. The molecule has 1 rings (SSSR count). The molecule has 0 saturated carbocycles. The smallest absolute Gasteiger partial charge is 0.229 e. The van der Waals surface area contributed by atoms with Crippen LogP contribution >= 0.6 is 0 Å². The zero-order valence-electron chi connectivity index (χ0n) is 12.0. The molecular formula is C12H20N2O5S. The van der Waals surface area contributed by atoms with Crippen molar-refractivity contribution in [3.8, 4) is 5.75 Å². The van der Waals surface area contributed by atoms with Gasteiger partial charge in [-0.25, -0.2) is 13.7 Å². The van der Waals surface area contributed by atoms with Crippen LogP contribution in [0.25, 0.3) is 0 Å². The molecule has 0 heterocycles. The summed E-state index contributed by atoms with van der Waals surface area (Å²) >= 11 is 0. The van der Waals surface area contributed by atoms with Crippen molar-refractivity contribution in [1.82, 2.24) is 5.32 Å². The maximum atomic E-state index is 11.1. The van der Waals surface area contributed by atoms with Crippen LogP contribution in [-0.2, 0) is 19.5 Å². The lowest BCUT2D eigenvalue weighted by molar-refractivity contribution is -0.220. The Morgan fingerprint density at radius 2 is 1.70 bits per heavy atom. The minimum absolute atomic E-state index is 0.178. The molecule has 1 aromatic rings. The summed E-state index contributed by atoms with van der Waals surface area (Å²) in [6, 6.07) is 6.54. The van der Waals surface area contributed by atoms with E-state index >= 15 is 0 Å². The highest BCUT2D eigenvalue weighted by atomic mass is 32.2. The number of anilines is 1. The van der Waals surface area contributed by atoms with E-state index < -0.39 is 15.9 Å². The van der Waals surface area contributed by atoms with Gasteiger partial charge in [-0.1, -0.05) is 0 Å². The molecule has 0 aliphatic rings. The van der Waals surface area contributed by atoms with Crippen LogP contribution in [0, 0.1) is 0 Å². The molecule has 8 heteroatoms. The molecule has 7 nitrogen and oxygen atoms in total. The molecule has 0 saturated heterocycles. The summed E-state index contributed by atoms with van der Waals surface area (Å²) in [5.41, 5.74) is 0.478. The summed E-state index contributed by atoms with van der Waals surface area (Å²) < 4.78 is 40.1. The maximum Gasteiger partial charge on any atom is 0.229 e. The van der Waals surface area contributed by atoms with Gasteiger partial charge in [0.25, 0.3) is 0 Å².